The molecule has 4 rings (SSSR count). The predicted octanol–water partition coefficient (Wildman–Crippen LogP) is 4.28. The number of hydrogen-bond acceptors (Lipinski definition) is 6. The summed E-state index contributed by atoms with van der Waals surface area (Å²) in [5.41, 5.74) is 2.15. The third-order valence-electron chi connectivity index (χ3n) is 4.39. The molecule has 1 N–H and O–H groups in total. The molecule has 27 heavy (non-hydrogen) atoms. The Labute approximate surface area is 158 Å². The molecule has 0 saturated carbocycles. The van der Waals surface area contributed by atoms with E-state index in [-0.39, 0.29) is 6.79 Å². The summed E-state index contributed by atoms with van der Waals surface area (Å²) in [5.74, 6) is 3.88. The smallest absolute Gasteiger partial charge is 0.231 e. The predicted molar refractivity (Wildman–Crippen MR) is 106 cm³/mol. The first-order chi connectivity index (χ1) is 13.2. The molecule has 1 aromatic heterocycles. The minimum Gasteiger partial charge on any atom is -0.454 e. The van der Waals surface area contributed by atoms with Gasteiger partial charge in [-0.05, 0) is 31.5 Å². The average Bonchev–Trinajstić information content (AvgIpc) is 3.14. The van der Waals surface area contributed by atoms with Crippen molar-refractivity contribution >= 4 is 17.3 Å². The summed E-state index contributed by atoms with van der Waals surface area (Å²) in [4.78, 5) is 11.4. The van der Waals surface area contributed by atoms with Gasteiger partial charge in [0.1, 0.15) is 17.5 Å². The highest BCUT2D eigenvalue weighted by atomic mass is 16.7. The molecule has 6 heteroatoms. The minimum absolute atomic E-state index is 0.264. The van der Waals surface area contributed by atoms with E-state index >= 15 is 0 Å². The van der Waals surface area contributed by atoms with Crippen LogP contribution in [0, 0.1) is 6.92 Å². The molecule has 0 amide bonds. The van der Waals surface area contributed by atoms with E-state index in [0.717, 1.165) is 47.7 Å². The lowest BCUT2D eigenvalue weighted by Crippen LogP contribution is -2.23. The summed E-state index contributed by atoms with van der Waals surface area (Å²) in [7, 11) is 0. The number of nitrogens with zero attached hydrogens (tertiary/aromatic N) is 3. The van der Waals surface area contributed by atoms with Gasteiger partial charge in [0, 0.05) is 30.9 Å². The SMILES string of the molecule is CCN(Cc1ccccc1)c1cc(Nc2ccc3c(c2)OCO3)nc(C)n1. The minimum atomic E-state index is 0.264. The molecule has 0 fully saturated rings. The molecular weight excluding hydrogens is 340 g/mol. The quantitative estimate of drug-likeness (QED) is 0.706. The van der Waals surface area contributed by atoms with Crippen LogP contribution in [0.3, 0.4) is 0 Å². The van der Waals surface area contributed by atoms with Gasteiger partial charge in [-0.3, -0.25) is 0 Å². The Hall–Kier alpha value is -3.28. The van der Waals surface area contributed by atoms with Crippen LogP contribution in [0.25, 0.3) is 0 Å². The zero-order chi connectivity index (χ0) is 18.6. The lowest BCUT2D eigenvalue weighted by atomic mass is 10.2. The van der Waals surface area contributed by atoms with Gasteiger partial charge in [0.05, 0.1) is 0 Å². The highest BCUT2D eigenvalue weighted by Gasteiger charge is 2.14. The second kappa shape index (κ2) is 7.53. The Morgan fingerprint density at radius 3 is 2.63 bits per heavy atom. The summed E-state index contributed by atoms with van der Waals surface area (Å²) < 4.78 is 10.8. The van der Waals surface area contributed by atoms with Crippen LogP contribution in [0.4, 0.5) is 17.3 Å². The third-order valence-corrected chi connectivity index (χ3v) is 4.39. The first-order valence-corrected chi connectivity index (χ1v) is 9.02. The van der Waals surface area contributed by atoms with Crippen molar-refractivity contribution in [2.75, 3.05) is 23.6 Å². The monoisotopic (exact) mass is 362 g/mol. The van der Waals surface area contributed by atoms with Crippen LogP contribution in [0.15, 0.2) is 54.6 Å². The molecule has 0 atom stereocenters. The van der Waals surface area contributed by atoms with Gasteiger partial charge >= 0.3 is 0 Å². The molecule has 3 aromatic rings. The second-order valence-electron chi connectivity index (χ2n) is 6.35. The summed E-state index contributed by atoms with van der Waals surface area (Å²) in [6.07, 6.45) is 0. The Kier molecular flexibility index (Phi) is 4.78. The maximum Gasteiger partial charge on any atom is 0.231 e. The molecule has 2 heterocycles. The largest absolute Gasteiger partial charge is 0.454 e. The van der Waals surface area contributed by atoms with E-state index in [9.17, 15) is 0 Å². The fourth-order valence-electron chi connectivity index (χ4n) is 3.06. The summed E-state index contributed by atoms with van der Waals surface area (Å²) >= 11 is 0. The number of anilines is 3. The molecule has 138 valence electrons. The number of ether oxygens (including phenoxy) is 2. The number of benzene rings is 2. The molecule has 0 spiro atoms. The van der Waals surface area contributed by atoms with Crippen LogP contribution in [-0.4, -0.2) is 23.3 Å². The highest BCUT2D eigenvalue weighted by molar-refractivity contribution is 5.63. The van der Waals surface area contributed by atoms with Gasteiger partial charge in [-0.2, -0.15) is 0 Å². The molecule has 2 aromatic carbocycles. The number of aromatic nitrogens is 2. The first-order valence-electron chi connectivity index (χ1n) is 9.02. The highest BCUT2D eigenvalue weighted by Crippen LogP contribution is 2.35. The number of fused-ring (bicyclic) bond motifs is 1. The molecule has 0 unspecified atom stereocenters. The van der Waals surface area contributed by atoms with E-state index in [1.807, 2.05) is 37.3 Å². The molecular formula is C21H22N4O2. The Bertz CT molecular complexity index is 931. The Morgan fingerprint density at radius 1 is 1.00 bits per heavy atom. The molecule has 1 aliphatic rings. The maximum absolute atomic E-state index is 5.44. The number of nitrogens with one attached hydrogen (secondary N) is 1. The molecule has 1 aliphatic heterocycles. The zero-order valence-corrected chi connectivity index (χ0v) is 15.5. The summed E-state index contributed by atoms with van der Waals surface area (Å²) in [6, 6.07) is 18.1. The van der Waals surface area contributed by atoms with E-state index in [2.05, 4.69) is 51.4 Å². The van der Waals surface area contributed by atoms with Crippen LogP contribution in [0.1, 0.15) is 18.3 Å². The Balaban J connectivity index is 1.57. The fourth-order valence-corrected chi connectivity index (χ4v) is 3.06. The van der Waals surface area contributed by atoms with Crippen molar-refractivity contribution in [3.63, 3.8) is 0 Å². The van der Waals surface area contributed by atoms with Gasteiger partial charge in [0.15, 0.2) is 11.5 Å². The number of rotatable bonds is 6. The van der Waals surface area contributed by atoms with Crippen LogP contribution in [-0.2, 0) is 6.54 Å². The van der Waals surface area contributed by atoms with E-state index in [4.69, 9.17) is 9.47 Å². The van der Waals surface area contributed by atoms with Gasteiger partial charge in [-0.15, -0.1) is 0 Å². The van der Waals surface area contributed by atoms with E-state index < -0.39 is 0 Å². The van der Waals surface area contributed by atoms with Crippen molar-refractivity contribution in [1.82, 2.24) is 9.97 Å². The van der Waals surface area contributed by atoms with Crippen molar-refractivity contribution in [2.45, 2.75) is 20.4 Å². The average molecular weight is 362 g/mol. The van der Waals surface area contributed by atoms with Crippen molar-refractivity contribution in [1.29, 1.82) is 0 Å². The van der Waals surface area contributed by atoms with Crippen LogP contribution in [0.5, 0.6) is 11.5 Å². The lowest BCUT2D eigenvalue weighted by Gasteiger charge is -2.23. The van der Waals surface area contributed by atoms with Crippen molar-refractivity contribution in [3.05, 3.63) is 66.0 Å². The molecule has 6 nitrogen and oxygen atoms in total. The van der Waals surface area contributed by atoms with E-state index in [1.165, 1.54) is 5.56 Å². The normalized spacial score (nSPS) is 12.1. The van der Waals surface area contributed by atoms with Crippen molar-refractivity contribution in [3.8, 4) is 11.5 Å². The van der Waals surface area contributed by atoms with Gasteiger partial charge < -0.3 is 19.7 Å². The Morgan fingerprint density at radius 2 is 1.81 bits per heavy atom. The maximum atomic E-state index is 5.44. The third kappa shape index (κ3) is 3.95. The fraction of sp³-hybridized carbons (Fsp3) is 0.238. The molecule has 0 saturated heterocycles. The molecule has 0 aliphatic carbocycles. The van der Waals surface area contributed by atoms with Crippen LogP contribution < -0.4 is 19.7 Å². The second-order valence-corrected chi connectivity index (χ2v) is 6.35. The van der Waals surface area contributed by atoms with Crippen molar-refractivity contribution < 1.29 is 9.47 Å². The molecule has 0 bridgehead atoms. The van der Waals surface area contributed by atoms with Crippen molar-refractivity contribution in [2.24, 2.45) is 0 Å². The van der Waals surface area contributed by atoms with E-state index in [1.54, 1.807) is 0 Å². The summed E-state index contributed by atoms with van der Waals surface area (Å²) in [6.45, 7) is 5.96. The standard InChI is InChI=1S/C21H22N4O2/c1-3-25(13-16-7-5-4-6-8-16)21-12-20(22-15(2)23-21)24-17-9-10-18-19(11-17)27-14-26-18/h4-12H,3,13-14H2,1-2H3,(H,22,23,24). The first kappa shape index (κ1) is 17.1. The number of hydrogen-bond donors (Lipinski definition) is 1. The number of aryl methyl sites for hydroxylation is 1. The van der Waals surface area contributed by atoms with Gasteiger partial charge in [-0.25, -0.2) is 9.97 Å². The van der Waals surface area contributed by atoms with E-state index in [0.29, 0.717) is 0 Å². The summed E-state index contributed by atoms with van der Waals surface area (Å²) in [5, 5.41) is 3.34. The van der Waals surface area contributed by atoms with Crippen LogP contribution in [0.2, 0.25) is 0 Å². The van der Waals surface area contributed by atoms with Gasteiger partial charge in [-0.1, -0.05) is 30.3 Å². The lowest BCUT2D eigenvalue weighted by molar-refractivity contribution is 0.174. The molecule has 0 radical (unpaired) electrons. The van der Waals surface area contributed by atoms with Crippen LogP contribution >= 0.6 is 0 Å². The topological polar surface area (TPSA) is 59.5 Å². The van der Waals surface area contributed by atoms with Gasteiger partial charge in [0.2, 0.25) is 6.79 Å². The van der Waals surface area contributed by atoms with Gasteiger partial charge in [0.25, 0.3) is 0 Å². The zero-order valence-electron chi connectivity index (χ0n) is 15.5.